The molecule has 5 heteroatoms. The zero-order chi connectivity index (χ0) is 17.3. The Kier molecular flexibility index (Phi) is 4.35. The number of hydrogen-bond donors (Lipinski definition) is 0. The van der Waals surface area contributed by atoms with Crippen LogP contribution in [0.25, 0.3) is 11.1 Å². The number of ether oxygens (including phenoxy) is 1. The summed E-state index contributed by atoms with van der Waals surface area (Å²) in [5.41, 5.74) is 2.64. The summed E-state index contributed by atoms with van der Waals surface area (Å²) >= 11 is 0. The molecule has 1 aliphatic carbocycles. The lowest BCUT2D eigenvalue weighted by atomic mass is 9.75. The van der Waals surface area contributed by atoms with E-state index in [1.165, 1.54) is 0 Å². The van der Waals surface area contributed by atoms with Crippen LogP contribution in [0.4, 0.5) is 0 Å². The lowest BCUT2D eigenvalue weighted by Gasteiger charge is -2.36. The van der Waals surface area contributed by atoms with Gasteiger partial charge in [0.1, 0.15) is 5.52 Å². The number of likely N-dealkylation sites (N-methyl/N-ethyl adjacent to an activating group) is 1. The van der Waals surface area contributed by atoms with Gasteiger partial charge >= 0.3 is 6.08 Å². The van der Waals surface area contributed by atoms with Crippen molar-refractivity contribution in [2.24, 2.45) is 11.3 Å². The molecule has 1 aromatic carbocycles. The minimum absolute atomic E-state index is 0.0878. The van der Waals surface area contributed by atoms with Crippen molar-refractivity contribution in [3.05, 3.63) is 36.0 Å². The summed E-state index contributed by atoms with van der Waals surface area (Å²) in [5, 5.41) is 0. The molecule has 1 amide bonds. The largest absolute Gasteiger partial charge is 0.440 e. The van der Waals surface area contributed by atoms with E-state index in [0.29, 0.717) is 11.5 Å². The Balaban J connectivity index is 1.64. The Labute approximate surface area is 142 Å². The number of nitrogens with zero attached hydrogens (tertiary/aromatic N) is 2. The van der Waals surface area contributed by atoms with Gasteiger partial charge in [0.05, 0.1) is 0 Å². The van der Waals surface area contributed by atoms with Gasteiger partial charge in [-0.1, -0.05) is 39.0 Å². The molecule has 0 fully saturated rings. The van der Waals surface area contributed by atoms with Gasteiger partial charge in [-0.3, -0.25) is 4.79 Å². The molecule has 0 radical (unpaired) electrons. The van der Waals surface area contributed by atoms with E-state index >= 15 is 0 Å². The molecule has 1 aromatic heterocycles. The molecule has 2 aromatic rings. The van der Waals surface area contributed by atoms with Gasteiger partial charge in [0.2, 0.25) is 0 Å². The van der Waals surface area contributed by atoms with Gasteiger partial charge in [-0.05, 0) is 36.3 Å². The smallest absolute Gasteiger partial charge is 0.395 e. The van der Waals surface area contributed by atoms with Crippen LogP contribution < -0.4 is 4.74 Å². The summed E-state index contributed by atoms with van der Waals surface area (Å²) in [5.74, 6) is 0.366. The second-order valence-electron chi connectivity index (χ2n) is 7.37. The van der Waals surface area contributed by atoms with Gasteiger partial charge in [0.15, 0.2) is 12.2 Å². The molecule has 0 aliphatic heterocycles. The monoisotopic (exact) mass is 328 g/mol. The van der Waals surface area contributed by atoms with E-state index in [1.54, 1.807) is 11.9 Å². The summed E-state index contributed by atoms with van der Waals surface area (Å²) in [6, 6.07) is 7.41. The standard InChI is InChI=1S/C19H24N2O3/c1-13-9-14(11-19(2,3)10-13)21(4)17(22)12-23-18-20-15-7-5-6-8-16(15)24-18/h5-9,13H,10-12H2,1-4H3. The van der Waals surface area contributed by atoms with Crippen molar-refractivity contribution in [2.75, 3.05) is 13.7 Å². The first-order chi connectivity index (χ1) is 11.3. The van der Waals surface area contributed by atoms with Gasteiger partial charge in [-0.2, -0.15) is 4.98 Å². The number of rotatable bonds is 4. The molecule has 0 saturated heterocycles. The Bertz CT molecular complexity index is 743. The first-order valence-electron chi connectivity index (χ1n) is 8.30. The minimum Gasteiger partial charge on any atom is -0.440 e. The van der Waals surface area contributed by atoms with E-state index < -0.39 is 0 Å². The Morgan fingerprint density at radius 3 is 2.88 bits per heavy atom. The van der Waals surface area contributed by atoms with Crippen molar-refractivity contribution >= 4 is 17.0 Å². The first-order valence-corrected chi connectivity index (χ1v) is 8.30. The van der Waals surface area contributed by atoms with Crippen molar-refractivity contribution < 1.29 is 13.9 Å². The number of aromatic nitrogens is 1. The van der Waals surface area contributed by atoms with Crippen LogP contribution in [-0.2, 0) is 4.79 Å². The molecule has 5 nitrogen and oxygen atoms in total. The average molecular weight is 328 g/mol. The highest BCUT2D eigenvalue weighted by atomic mass is 16.6. The number of hydrogen-bond acceptors (Lipinski definition) is 4. The summed E-state index contributed by atoms with van der Waals surface area (Å²) < 4.78 is 10.9. The number of carbonyl (C=O) groups excluding carboxylic acids is 1. The van der Waals surface area contributed by atoms with E-state index in [9.17, 15) is 4.79 Å². The number of para-hydroxylation sites is 2. The fourth-order valence-electron chi connectivity index (χ4n) is 3.40. The highest BCUT2D eigenvalue weighted by Gasteiger charge is 2.29. The Morgan fingerprint density at radius 1 is 1.42 bits per heavy atom. The maximum Gasteiger partial charge on any atom is 0.395 e. The van der Waals surface area contributed by atoms with E-state index in [2.05, 4.69) is 31.8 Å². The number of oxazole rings is 1. The fourth-order valence-corrected chi connectivity index (χ4v) is 3.40. The number of amides is 1. The quantitative estimate of drug-likeness (QED) is 0.851. The second-order valence-corrected chi connectivity index (χ2v) is 7.37. The third-order valence-electron chi connectivity index (χ3n) is 4.41. The van der Waals surface area contributed by atoms with Crippen LogP contribution in [-0.4, -0.2) is 29.4 Å². The molecular formula is C19H24N2O3. The molecule has 128 valence electrons. The lowest BCUT2D eigenvalue weighted by molar-refractivity contribution is -0.131. The van der Waals surface area contributed by atoms with Crippen LogP contribution in [0.2, 0.25) is 0 Å². The molecule has 3 rings (SSSR count). The average Bonchev–Trinajstić information content (AvgIpc) is 2.92. The van der Waals surface area contributed by atoms with Crippen molar-refractivity contribution in [1.82, 2.24) is 9.88 Å². The Hall–Kier alpha value is -2.30. The zero-order valence-electron chi connectivity index (χ0n) is 14.7. The number of allylic oxidation sites excluding steroid dienone is 2. The normalized spacial score (nSPS) is 19.8. The van der Waals surface area contributed by atoms with E-state index in [4.69, 9.17) is 9.15 Å². The van der Waals surface area contributed by atoms with Crippen LogP contribution in [0.3, 0.4) is 0 Å². The Morgan fingerprint density at radius 2 is 2.17 bits per heavy atom. The SMILES string of the molecule is CC1C=C(N(C)C(=O)COc2nc3ccccc3o2)CC(C)(C)C1. The second kappa shape index (κ2) is 6.30. The molecule has 1 heterocycles. The summed E-state index contributed by atoms with van der Waals surface area (Å²) in [4.78, 5) is 18.4. The molecule has 0 N–H and O–H groups in total. The molecule has 0 saturated carbocycles. The van der Waals surface area contributed by atoms with Gasteiger partial charge in [-0.15, -0.1) is 0 Å². The highest BCUT2D eigenvalue weighted by molar-refractivity contribution is 5.79. The third kappa shape index (κ3) is 3.61. The van der Waals surface area contributed by atoms with E-state index in [1.807, 2.05) is 24.3 Å². The van der Waals surface area contributed by atoms with Gasteiger partial charge in [0, 0.05) is 12.7 Å². The summed E-state index contributed by atoms with van der Waals surface area (Å²) in [7, 11) is 1.80. The van der Waals surface area contributed by atoms with Gasteiger partial charge < -0.3 is 14.1 Å². The number of carbonyl (C=O) groups is 1. The molecule has 1 aliphatic rings. The first kappa shape index (κ1) is 16.6. The maximum absolute atomic E-state index is 12.4. The lowest BCUT2D eigenvalue weighted by Crippen LogP contribution is -2.35. The van der Waals surface area contributed by atoms with Crippen LogP contribution >= 0.6 is 0 Å². The molecule has 24 heavy (non-hydrogen) atoms. The minimum atomic E-state index is -0.103. The summed E-state index contributed by atoms with van der Waals surface area (Å²) in [6.07, 6.45) is 4.34. The fraction of sp³-hybridized carbons (Fsp3) is 0.474. The van der Waals surface area contributed by atoms with E-state index in [0.717, 1.165) is 24.1 Å². The molecule has 0 bridgehead atoms. The van der Waals surface area contributed by atoms with Crippen molar-refractivity contribution in [2.45, 2.75) is 33.6 Å². The van der Waals surface area contributed by atoms with Crippen molar-refractivity contribution in [1.29, 1.82) is 0 Å². The van der Waals surface area contributed by atoms with Gasteiger partial charge in [0.25, 0.3) is 5.91 Å². The maximum atomic E-state index is 12.4. The van der Waals surface area contributed by atoms with Crippen LogP contribution in [0.1, 0.15) is 33.6 Å². The topological polar surface area (TPSA) is 55.6 Å². The van der Waals surface area contributed by atoms with Crippen molar-refractivity contribution in [3.8, 4) is 6.08 Å². The summed E-state index contributed by atoms with van der Waals surface area (Å²) in [6.45, 7) is 6.58. The predicted molar refractivity (Wildman–Crippen MR) is 92.5 cm³/mol. The molecular weight excluding hydrogens is 304 g/mol. The highest BCUT2D eigenvalue weighted by Crippen LogP contribution is 2.38. The molecule has 0 spiro atoms. The zero-order valence-corrected chi connectivity index (χ0v) is 14.7. The van der Waals surface area contributed by atoms with Crippen molar-refractivity contribution in [3.63, 3.8) is 0 Å². The molecule has 1 unspecified atom stereocenters. The van der Waals surface area contributed by atoms with Crippen LogP contribution in [0.5, 0.6) is 6.08 Å². The van der Waals surface area contributed by atoms with Crippen LogP contribution in [0, 0.1) is 11.3 Å². The number of benzene rings is 1. The number of fused-ring (bicyclic) bond motifs is 1. The van der Waals surface area contributed by atoms with Gasteiger partial charge in [-0.25, -0.2) is 0 Å². The van der Waals surface area contributed by atoms with E-state index in [-0.39, 0.29) is 24.0 Å². The predicted octanol–water partition coefficient (Wildman–Crippen LogP) is 4.01. The molecule has 1 atom stereocenters. The van der Waals surface area contributed by atoms with Crippen LogP contribution in [0.15, 0.2) is 40.5 Å². The third-order valence-corrected chi connectivity index (χ3v) is 4.41.